The van der Waals surface area contributed by atoms with Crippen molar-refractivity contribution in [3.63, 3.8) is 0 Å². The molecular weight excluding hydrogens is 720 g/mol. The molecule has 19 heteroatoms. The predicted molar refractivity (Wildman–Crippen MR) is 188 cm³/mol. The van der Waals surface area contributed by atoms with Crippen LogP contribution in [0.4, 0.5) is 9.59 Å². The first-order valence-corrected chi connectivity index (χ1v) is 18.5. The number of fused-ring (bicyclic) bond motifs is 8. The molecule has 2 amide bonds. The lowest BCUT2D eigenvalue weighted by atomic mass is 9.82. The first-order chi connectivity index (χ1) is 26.3. The molecule has 4 fully saturated rings. The smallest absolute Gasteiger partial charge is 0.404 e. The van der Waals surface area contributed by atoms with Crippen LogP contribution in [0.3, 0.4) is 0 Å². The Balaban J connectivity index is 0.827. The summed E-state index contributed by atoms with van der Waals surface area (Å²) < 4.78 is 28.2. The van der Waals surface area contributed by atoms with Gasteiger partial charge in [-0.25, -0.2) is 9.59 Å². The third kappa shape index (κ3) is 5.34. The van der Waals surface area contributed by atoms with Crippen molar-refractivity contribution in [2.24, 2.45) is 23.3 Å². The van der Waals surface area contributed by atoms with Gasteiger partial charge in [0.2, 0.25) is 23.1 Å². The molecular formula is C36H46N8O11. The van der Waals surface area contributed by atoms with E-state index in [-0.39, 0.29) is 94.4 Å². The monoisotopic (exact) mass is 766 g/mol. The summed E-state index contributed by atoms with van der Waals surface area (Å²) in [6.07, 6.45) is -0.929. The minimum absolute atomic E-state index is 0.0971. The number of nitrogens with one attached hydrogen (secondary N) is 4. The Kier molecular flexibility index (Phi) is 9.07. The van der Waals surface area contributed by atoms with Gasteiger partial charge in [0, 0.05) is 88.0 Å². The SMILES string of the molecule is CO[C@@]12[C@H](COC(N)=O)C3=C(C(=O)C(C)=C(NCCCOCCCNC4=C(C)C(=O)C5=C(C4=O)[C@@H](COC(N)=O)[C@@]4(OC)[C@H]6N[C@H]6CN54)C3=O)N1C[C@@H]1N[C@@H]12. The number of nitrogens with two attached hydrogens (primary N) is 2. The number of ether oxygens (including phenoxy) is 5. The van der Waals surface area contributed by atoms with Crippen molar-refractivity contribution in [1.82, 2.24) is 31.1 Å². The zero-order valence-electron chi connectivity index (χ0n) is 31.1. The molecule has 0 aromatic carbocycles. The molecule has 4 saturated heterocycles. The number of primary amides is 2. The fraction of sp³-hybridized carbons (Fsp3) is 0.611. The van der Waals surface area contributed by atoms with Crippen molar-refractivity contribution in [1.29, 1.82) is 0 Å². The van der Waals surface area contributed by atoms with E-state index in [1.165, 1.54) is 14.2 Å². The molecule has 8 rings (SSSR count). The molecule has 0 bridgehead atoms. The van der Waals surface area contributed by atoms with Crippen LogP contribution in [0.2, 0.25) is 0 Å². The highest BCUT2D eigenvalue weighted by atomic mass is 16.6. The maximum Gasteiger partial charge on any atom is 0.404 e. The Morgan fingerprint density at radius 1 is 0.709 bits per heavy atom. The maximum absolute atomic E-state index is 14.0. The molecule has 296 valence electrons. The van der Waals surface area contributed by atoms with Crippen LogP contribution in [-0.4, -0.2) is 148 Å². The Labute approximate surface area is 316 Å². The Hall–Kier alpha value is -4.82. The predicted octanol–water partition coefficient (Wildman–Crippen LogP) is -2.23. The van der Waals surface area contributed by atoms with Crippen molar-refractivity contribution >= 4 is 35.3 Å². The lowest BCUT2D eigenvalue weighted by Crippen LogP contribution is -2.55. The van der Waals surface area contributed by atoms with E-state index in [0.717, 1.165) is 0 Å². The van der Waals surface area contributed by atoms with Crippen LogP contribution in [0.25, 0.3) is 0 Å². The van der Waals surface area contributed by atoms with E-state index < -0.39 is 35.5 Å². The van der Waals surface area contributed by atoms with E-state index in [4.69, 9.17) is 35.2 Å². The summed E-state index contributed by atoms with van der Waals surface area (Å²) in [5.74, 6) is -2.70. The summed E-state index contributed by atoms with van der Waals surface area (Å²) in [6, 6.07) is -0.0749. The molecule has 0 saturated carbocycles. The van der Waals surface area contributed by atoms with Gasteiger partial charge in [0.25, 0.3) is 0 Å². The molecule has 0 aromatic heterocycles. The van der Waals surface area contributed by atoms with Crippen LogP contribution in [0.15, 0.2) is 45.1 Å². The summed E-state index contributed by atoms with van der Waals surface area (Å²) in [4.78, 5) is 82.2. The molecule has 6 heterocycles. The third-order valence-corrected chi connectivity index (χ3v) is 12.4. The fourth-order valence-electron chi connectivity index (χ4n) is 9.88. The topological polar surface area (TPSA) is 275 Å². The number of piperazine rings is 2. The van der Waals surface area contributed by atoms with Crippen LogP contribution < -0.4 is 32.7 Å². The number of allylic oxidation sites excluding steroid dienone is 4. The zero-order valence-corrected chi connectivity index (χ0v) is 31.1. The van der Waals surface area contributed by atoms with Crippen LogP contribution in [0.5, 0.6) is 0 Å². The van der Waals surface area contributed by atoms with Gasteiger partial charge in [0.15, 0.2) is 11.4 Å². The largest absolute Gasteiger partial charge is 0.449 e. The first-order valence-electron chi connectivity index (χ1n) is 18.5. The number of methoxy groups -OCH3 is 2. The highest BCUT2D eigenvalue weighted by molar-refractivity contribution is 6.26. The number of amides is 2. The quantitative estimate of drug-likeness (QED) is 0.0551. The Bertz CT molecular complexity index is 1790. The van der Waals surface area contributed by atoms with E-state index in [1.54, 1.807) is 13.8 Å². The number of nitrogens with zero attached hydrogens (tertiary/aromatic N) is 2. The van der Waals surface area contributed by atoms with Crippen molar-refractivity contribution in [3.05, 3.63) is 45.1 Å². The number of Topliss-reactive ketones (excluding diaryl/α,β-unsaturated/α-hetero) is 4. The van der Waals surface area contributed by atoms with Gasteiger partial charge in [-0.05, 0) is 26.7 Å². The van der Waals surface area contributed by atoms with Gasteiger partial charge < -0.3 is 66.2 Å². The highest BCUT2D eigenvalue weighted by Gasteiger charge is 2.74. The molecule has 0 radical (unpaired) electrons. The van der Waals surface area contributed by atoms with Gasteiger partial charge >= 0.3 is 12.2 Å². The van der Waals surface area contributed by atoms with Gasteiger partial charge in [0.05, 0.1) is 46.7 Å². The van der Waals surface area contributed by atoms with Gasteiger partial charge in [-0.3, -0.25) is 19.2 Å². The number of carbonyl (C=O) groups excluding carboxylic acids is 6. The Morgan fingerprint density at radius 3 is 1.47 bits per heavy atom. The molecule has 19 nitrogen and oxygen atoms in total. The third-order valence-electron chi connectivity index (χ3n) is 12.4. The molecule has 0 spiro atoms. The number of carbonyl (C=O) groups is 6. The van der Waals surface area contributed by atoms with Crippen molar-refractivity contribution in [3.8, 4) is 0 Å². The Morgan fingerprint density at radius 2 is 1.11 bits per heavy atom. The second kappa shape index (κ2) is 13.4. The minimum atomic E-state index is -1.05. The van der Waals surface area contributed by atoms with Crippen LogP contribution in [0.1, 0.15) is 26.7 Å². The summed E-state index contributed by atoms with van der Waals surface area (Å²) in [7, 11) is 3.04. The lowest BCUT2D eigenvalue weighted by molar-refractivity contribution is -0.137. The van der Waals surface area contributed by atoms with E-state index in [2.05, 4.69) is 21.3 Å². The highest BCUT2D eigenvalue weighted by Crippen LogP contribution is 2.57. The second-order valence-corrected chi connectivity index (χ2v) is 15.0. The van der Waals surface area contributed by atoms with Gasteiger partial charge in [0.1, 0.15) is 13.2 Å². The second-order valence-electron chi connectivity index (χ2n) is 15.0. The fourth-order valence-corrected chi connectivity index (χ4v) is 9.88. The van der Waals surface area contributed by atoms with E-state index in [9.17, 15) is 28.8 Å². The van der Waals surface area contributed by atoms with Gasteiger partial charge in [-0.15, -0.1) is 0 Å². The molecule has 0 aromatic rings. The van der Waals surface area contributed by atoms with Crippen LogP contribution >= 0.6 is 0 Å². The van der Waals surface area contributed by atoms with E-state index in [0.29, 0.717) is 63.4 Å². The number of ketones is 4. The molecule has 6 aliphatic heterocycles. The molecule has 2 aliphatic carbocycles. The average Bonchev–Trinajstić information content (AvgIpc) is 3.99. The lowest BCUT2D eigenvalue weighted by Gasteiger charge is -2.39. The number of hydrogen-bond donors (Lipinski definition) is 6. The summed E-state index contributed by atoms with van der Waals surface area (Å²) in [6.45, 7) is 5.17. The van der Waals surface area contributed by atoms with Crippen molar-refractivity contribution in [2.45, 2.75) is 62.3 Å². The number of rotatable bonds is 16. The van der Waals surface area contributed by atoms with Crippen LogP contribution in [0, 0.1) is 11.8 Å². The molecule has 55 heavy (non-hydrogen) atoms. The molecule has 8 atom stereocenters. The van der Waals surface area contributed by atoms with Crippen molar-refractivity contribution in [2.75, 3.05) is 66.8 Å². The standard InChI is InChI=1S/C36H46N8O11/c1-15-23(29(47)21-17(13-54-33(37)49)35(51-3)31-19(41-31)11-43(35)25(21)27(15)45)39-7-5-9-53-10-6-8-40-24-16(2)28(46)26-22(30(24)48)18(14-55-34(38)50)36(52-4)32-20(42-32)12-44(26)36/h17-20,31-32,39-42H,5-14H2,1-4H3,(H2,37,49)(H2,38,50)/t17-,18-,19+,20+,31+,32+,35-,36-/m1/s1. The number of hydrogen-bond acceptors (Lipinski definition) is 17. The first kappa shape index (κ1) is 37.1. The summed E-state index contributed by atoms with van der Waals surface area (Å²) >= 11 is 0. The average molecular weight is 767 g/mol. The molecule has 8 N–H and O–H groups in total. The van der Waals surface area contributed by atoms with Gasteiger partial charge in [-0.1, -0.05) is 0 Å². The van der Waals surface area contributed by atoms with Crippen LogP contribution in [-0.2, 0) is 42.9 Å². The van der Waals surface area contributed by atoms with Crippen molar-refractivity contribution < 1.29 is 52.5 Å². The normalized spacial score (nSPS) is 33.8. The summed E-state index contributed by atoms with van der Waals surface area (Å²) in [5, 5.41) is 12.9. The van der Waals surface area contributed by atoms with E-state index in [1.807, 2.05) is 9.80 Å². The molecule has 8 aliphatic rings. The maximum atomic E-state index is 14.0. The molecule has 0 unspecified atom stereocenters. The summed E-state index contributed by atoms with van der Waals surface area (Å²) in [5.41, 5.74) is 10.5. The van der Waals surface area contributed by atoms with E-state index >= 15 is 0 Å². The minimum Gasteiger partial charge on any atom is -0.449 e. The van der Waals surface area contributed by atoms with Gasteiger partial charge in [-0.2, -0.15) is 0 Å². The zero-order chi connectivity index (χ0) is 39.1.